The summed E-state index contributed by atoms with van der Waals surface area (Å²) >= 11 is 11.7. The van der Waals surface area contributed by atoms with Crippen LogP contribution in [0.5, 0.6) is 17.2 Å². The van der Waals surface area contributed by atoms with Gasteiger partial charge in [-0.05, 0) is 24.3 Å². The van der Waals surface area contributed by atoms with E-state index in [1.807, 2.05) is 0 Å². The van der Waals surface area contributed by atoms with Crippen LogP contribution in [0.3, 0.4) is 0 Å². The first kappa shape index (κ1) is 16.3. The summed E-state index contributed by atoms with van der Waals surface area (Å²) in [6, 6.07) is 7.55. The standard InChI is InChI=1S/C15H13Cl2NO4/c1-21-9-6-10(14(19)13(7-9)22-2)15(20)18-8-3-4-11(16)12(17)5-8/h3-7,19H,1-2H3,(H,18,20). The Kier molecular flexibility index (Phi) is 5.00. The van der Waals surface area contributed by atoms with E-state index in [2.05, 4.69) is 5.32 Å². The Bertz CT molecular complexity index is 719. The van der Waals surface area contributed by atoms with E-state index < -0.39 is 5.91 Å². The van der Waals surface area contributed by atoms with Crippen LogP contribution in [0.15, 0.2) is 30.3 Å². The molecule has 0 saturated heterocycles. The lowest BCUT2D eigenvalue weighted by molar-refractivity contribution is 0.102. The summed E-state index contributed by atoms with van der Waals surface area (Å²) in [6.45, 7) is 0. The van der Waals surface area contributed by atoms with Crippen LogP contribution in [0.25, 0.3) is 0 Å². The molecule has 2 aromatic rings. The highest BCUT2D eigenvalue weighted by Crippen LogP contribution is 2.35. The topological polar surface area (TPSA) is 67.8 Å². The lowest BCUT2D eigenvalue weighted by Crippen LogP contribution is -2.12. The fraction of sp³-hybridized carbons (Fsp3) is 0.133. The van der Waals surface area contributed by atoms with Gasteiger partial charge in [-0.1, -0.05) is 23.2 Å². The number of halogens is 2. The van der Waals surface area contributed by atoms with Crippen LogP contribution >= 0.6 is 23.2 Å². The molecule has 0 radical (unpaired) electrons. The Hall–Kier alpha value is -2.11. The van der Waals surface area contributed by atoms with Gasteiger partial charge in [0, 0.05) is 11.8 Å². The van der Waals surface area contributed by atoms with Crippen molar-refractivity contribution in [3.8, 4) is 17.2 Å². The van der Waals surface area contributed by atoms with E-state index in [1.165, 1.54) is 32.4 Å². The van der Waals surface area contributed by atoms with E-state index in [0.29, 0.717) is 21.5 Å². The van der Waals surface area contributed by atoms with Gasteiger partial charge in [0.2, 0.25) is 0 Å². The third kappa shape index (κ3) is 3.37. The van der Waals surface area contributed by atoms with Gasteiger partial charge in [-0.3, -0.25) is 4.79 Å². The van der Waals surface area contributed by atoms with E-state index in [0.717, 1.165) is 0 Å². The molecule has 0 atom stereocenters. The average molecular weight is 342 g/mol. The molecular formula is C15H13Cl2NO4. The Labute approximate surface area is 137 Å². The zero-order chi connectivity index (χ0) is 16.3. The number of methoxy groups -OCH3 is 2. The van der Waals surface area contributed by atoms with Gasteiger partial charge < -0.3 is 19.9 Å². The molecule has 0 heterocycles. The van der Waals surface area contributed by atoms with Crippen LogP contribution in [-0.4, -0.2) is 25.2 Å². The SMILES string of the molecule is COc1cc(OC)c(O)c(C(=O)Nc2ccc(Cl)c(Cl)c2)c1. The Morgan fingerprint density at radius 3 is 2.41 bits per heavy atom. The molecule has 2 rings (SSSR count). The second-order valence-electron chi connectivity index (χ2n) is 4.31. The number of nitrogens with one attached hydrogen (secondary N) is 1. The molecule has 0 unspecified atom stereocenters. The van der Waals surface area contributed by atoms with Crippen LogP contribution in [0.1, 0.15) is 10.4 Å². The van der Waals surface area contributed by atoms with Crippen molar-refractivity contribution in [1.29, 1.82) is 0 Å². The minimum absolute atomic E-state index is 0.0160. The van der Waals surface area contributed by atoms with Crippen molar-refractivity contribution < 1.29 is 19.4 Å². The number of amides is 1. The number of phenolic OH excluding ortho intramolecular Hbond substituents is 1. The van der Waals surface area contributed by atoms with Gasteiger partial charge in [-0.2, -0.15) is 0 Å². The van der Waals surface area contributed by atoms with Gasteiger partial charge in [0.1, 0.15) is 5.75 Å². The summed E-state index contributed by atoms with van der Waals surface area (Å²) in [7, 11) is 2.83. The van der Waals surface area contributed by atoms with E-state index >= 15 is 0 Å². The molecule has 0 bridgehead atoms. The maximum Gasteiger partial charge on any atom is 0.259 e. The van der Waals surface area contributed by atoms with E-state index in [4.69, 9.17) is 32.7 Å². The molecule has 1 amide bonds. The van der Waals surface area contributed by atoms with Gasteiger partial charge in [0.05, 0.1) is 29.8 Å². The second-order valence-corrected chi connectivity index (χ2v) is 5.12. The largest absolute Gasteiger partial charge is 0.504 e. The highest BCUT2D eigenvalue weighted by Gasteiger charge is 2.18. The van der Waals surface area contributed by atoms with Crippen molar-refractivity contribution in [3.05, 3.63) is 45.9 Å². The summed E-state index contributed by atoms with van der Waals surface area (Å²) in [4.78, 5) is 12.3. The zero-order valence-electron chi connectivity index (χ0n) is 11.8. The fourth-order valence-electron chi connectivity index (χ4n) is 1.80. The predicted molar refractivity (Wildman–Crippen MR) is 85.6 cm³/mol. The molecule has 7 heteroatoms. The number of carbonyl (C=O) groups is 1. The molecule has 0 saturated carbocycles. The molecule has 0 aliphatic rings. The molecule has 2 aromatic carbocycles. The van der Waals surface area contributed by atoms with Crippen molar-refractivity contribution in [2.45, 2.75) is 0 Å². The number of hydrogen-bond acceptors (Lipinski definition) is 4. The van der Waals surface area contributed by atoms with Crippen molar-refractivity contribution in [1.82, 2.24) is 0 Å². The van der Waals surface area contributed by atoms with Crippen LogP contribution < -0.4 is 14.8 Å². The molecule has 116 valence electrons. The average Bonchev–Trinajstić information content (AvgIpc) is 2.51. The van der Waals surface area contributed by atoms with Gasteiger partial charge in [0.15, 0.2) is 11.5 Å². The lowest BCUT2D eigenvalue weighted by Gasteiger charge is -2.12. The summed E-state index contributed by atoms with van der Waals surface area (Å²) in [5.74, 6) is -0.290. The number of aromatic hydroxyl groups is 1. The van der Waals surface area contributed by atoms with Crippen LogP contribution in [-0.2, 0) is 0 Å². The first-order valence-electron chi connectivity index (χ1n) is 6.17. The van der Waals surface area contributed by atoms with E-state index in [-0.39, 0.29) is 17.1 Å². The highest BCUT2D eigenvalue weighted by atomic mass is 35.5. The monoisotopic (exact) mass is 341 g/mol. The molecule has 2 N–H and O–H groups in total. The molecule has 22 heavy (non-hydrogen) atoms. The third-order valence-electron chi connectivity index (χ3n) is 2.93. The summed E-state index contributed by atoms with van der Waals surface area (Å²) in [5, 5.41) is 13.4. The number of anilines is 1. The highest BCUT2D eigenvalue weighted by molar-refractivity contribution is 6.42. The number of hydrogen-bond donors (Lipinski definition) is 2. The molecule has 0 aliphatic carbocycles. The van der Waals surface area contributed by atoms with Crippen molar-refractivity contribution >= 4 is 34.8 Å². The quantitative estimate of drug-likeness (QED) is 0.882. The van der Waals surface area contributed by atoms with Gasteiger partial charge in [0.25, 0.3) is 5.91 Å². The first-order chi connectivity index (χ1) is 10.5. The van der Waals surface area contributed by atoms with E-state index in [1.54, 1.807) is 12.1 Å². The normalized spacial score (nSPS) is 10.2. The van der Waals surface area contributed by atoms with Gasteiger partial charge in [-0.25, -0.2) is 0 Å². The lowest BCUT2D eigenvalue weighted by atomic mass is 10.1. The maximum atomic E-state index is 12.3. The number of ether oxygens (including phenoxy) is 2. The number of phenols is 1. The minimum atomic E-state index is -0.534. The Balaban J connectivity index is 2.34. The van der Waals surface area contributed by atoms with Crippen LogP contribution in [0.4, 0.5) is 5.69 Å². The first-order valence-corrected chi connectivity index (χ1v) is 6.93. The number of carbonyl (C=O) groups excluding carboxylic acids is 1. The zero-order valence-corrected chi connectivity index (χ0v) is 13.3. The maximum absolute atomic E-state index is 12.3. The predicted octanol–water partition coefficient (Wildman–Crippen LogP) is 3.97. The second kappa shape index (κ2) is 6.77. The van der Waals surface area contributed by atoms with Gasteiger partial charge >= 0.3 is 0 Å². The number of benzene rings is 2. The fourth-order valence-corrected chi connectivity index (χ4v) is 2.10. The van der Waals surface area contributed by atoms with Crippen molar-refractivity contribution in [2.24, 2.45) is 0 Å². The number of rotatable bonds is 4. The summed E-state index contributed by atoms with van der Waals surface area (Å²) in [6.07, 6.45) is 0. The molecule has 0 aromatic heterocycles. The smallest absolute Gasteiger partial charge is 0.259 e. The summed E-state index contributed by atoms with van der Waals surface area (Å²) in [5.41, 5.74) is 0.461. The minimum Gasteiger partial charge on any atom is -0.504 e. The van der Waals surface area contributed by atoms with Crippen LogP contribution in [0.2, 0.25) is 10.0 Å². The van der Waals surface area contributed by atoms with Gasteiger partial charge in [-0.15, -0.1) is 0 Å². The molecule has 0 spiro atoms. The molecule has 0 fully saturated rings. The molecular weight excluding hydrogens is 329 g/mol. The van der Waals surface area contributed by atoms with Crippen LogP contribution in [0, 0.1) is 0 Å². The van der Waals surface area contributed by atoms with Crippen molar-refractivity contribution in [3.63, 3.8) is 0 Å². The summed E-state index contributed by atoms with van der Waals surface area (Å²) < 4.78 is 10.1. The molecule has 5 nitrogen and oxygen atoms in total. The Morgan fingerprint density at radius 1 is 1.09 bits per heavy atom. The Morgan fingerprint density at radius 2 is 1.82 bits per heavy atom. The van der Waals surface area contributed by atoms with Crippen molar-refractivity contribution in [2.75, 3.05) is 19.5 Å². The third-order valence-corrected chi connectivity index (χ3v) is 3.67. The van der Waals surface area contributed by atoms with E-state index in [9.17, 15) is 9.90 Å². The molecule has 0 aliphatic heterocycles.